The first-order valence-electron chi connectivity index (χ1n) is 10.1. The highest BCUT2D eigenvalue weighted by Crippen LogP contribution is 2.13. The third-order valence-electron chi connectivity index (χ3n) is 5.22. The zero-order chi connectivity index (χ0) is 19.9. The van der Waals surface area contributed by atoms with E-state index in [1.165, 1.54) is 4.57 Å². The Balaban J connectivity index is 1.84. The number of hydrogen-bond donors (Lipinski definition) is 2. The molecule has 1 aromatic carbocycles. The van der Waals surface area contributed by atoms with Crippen LogP contribution in [-0.4, -0.2) is 70.7 Å². The van der Waals surface area contributed by atoms with Gasteiger partial charge in [0.2, 0.25) is 0 Å². The van der Waals surface area contributed by atoms with Crippen LogP contribution in [0, 0.1) is 0 Å². The van der Waals surface area contributed by atoms with Crippen LogP contribution in [0.15, 0.2) is 29.1 Å². The topological polar surface area (TPSA) is 88.7 Å². The molecule has 28 heavy (non-hydrogen) atoms. The zero-order valence-corrected chi connectivity index (χ0v) is 16.5. The number of ether oxygens (including phenoxy) is 1. The van der Waals surface area contributed by atoms with E-state index in [2.05, 4.69) is 10.2 Å². The van der Waals surface area contributed by atoms with Crippen LogP contribution in [-0.2, 0) is 11.3 Å². The van der Waals surface area contributed by atoms with E-state index in [0.29, 0.717) is 31.7 Å². The SMILES string of the molecule is CCC[C@@H](CCO)NC(=O)n1c(=O)n(CCN2CCOCC2)c2ccccc21. The molecule has 1 aliphatic heterocycles. The molecule has 3 rings (SSSR count). The van der Waals surface area contributed by atoms with Crippen LogP contribution in [0.3, 0.4) is 0 Å². The van der Waals surface area contributed by atoms with Crippen molar-refractivity contribution in [3.05, 3.63) is 34.7 Å². The van der Waals surface area contributed by atoms with E-state index in [1.807, 2.05) is 25.1 Å². The van der Waals surface area contributed by atoms with Crippen molar-refractivity contribution in [3.8, 4) is 0 Å². The van der Waals surface area contributed by atoms with E-state index in [1.54, 1.807) is 10.6 Å². The fourth-order valence-electron chi connectivity index (χ4n) is 3.72. The van der Waals surface area contributed by atoms with Crippen molar-refractivity contribution in [1.82, 2.24) is 19.4 Å². The minimum Gasteiger partial charge on any atom is -0.396 e. The van der Waals surface area contributed by atoms with Crippen molar-refractivity contribution in [2.45, 2.75) is 38.8 Å². The summed E-state index contributed by atoms with van der Waals surface area (Å²) in [7, 11) is 0. The molecule has 0 radical (unpaired) electrons. The molecule has 1 saturated heterocycles. The van der Waals surface area contributed by atoms with Gasteiger partial charge in [0, 0.05) is 38.8 Å². The number of aliphatic hydroxyl groups excluding tert-OH is 1. The molecule has 1 aromatic heterocycles. The van der Waals surface area contributed by atoms with Gasteiger partial charge < -0.3 is 15.2 Å². The fraction of sp³-hybridized carbons (Fsp3) is 0.600. The predicted molar refractivity (Wildman–Crippen MR) is 108 cm³/mol. The number of carbonyl (C=O) groups is 1. The number of hydrogen-bond acceptors (Lipinski definition) is 5. The van der Waals surface area contributed by atoms with E-state index in [-0.39, 0.29) is 18.3 Å². The molecule has 154 valence electrons. The zero-order valence-electron chi connectivity index (χ0n) is 16.5. The number of morpholine rings is 1. The Morgan fingerprint density at radius 2 is 1.89 bits per heavy atom. The quantitative estimate of drug-likeness (QED) is 0.708. The second kappa shape index (κ2) is 9.86. The lowest BCUT2D eigenvalue weighted by molar-refractivity contribution is 0.0364. The molecule has 0 spiro atoms. The van der Waals surface area contributed by atoms with E-state index in [0.717, 1.165) is 38.0 Å². The molecule has 2 aromatic rings. The predicted octanol–water partition coefficient (Wildman–Crippen LogP) is 1.24. The lowest BCUT2D eigenvalue weighted by Crippen LogP contribution is -2.43. The van der Waals surface area contributed by atoms with Crippen molar-refractivity contribution in [2.24, 2.45) is 0 Å². The van der Waals surface area contributed by atoms with Gasteiger partial charge in [-0.05, 0) is 25.0 Å². The highest BCUT2D eigenvalue weighted by molar-refractivity contribution is 5.89. The number of carbonyl (C=O) groups excluding carboxylic acids is 1. The van der Waals surface area contributed by atoms with Crippen LogP contribution in [0.25, 0.3) is 11.0 Å². The van der Waals surface area contributed by atoms with E-state index in [4.69, 9.17) is 4.74 Å². The second-order valence-corrected chi connectivity index (χ2v) is 7.16. The Labute approximate surface area is 164 Å². The molecule has 0 saturated carbocycles. The molecule has 0 aliphatic carbocycles. The van der Waals surface area contributed by atoms with Gasteiger partial charge in [0.1, 0.15) is 0 Å². The molecular formula is C20H30N4O4. The summed E-state index contributed by atoms with van der Waals surface area (Å²) in [5.74, 6) is 0. The molecular weight excluding hydrogens is 360 g/mol. The van der Waals surface area contributed by atoms with Crippen LogP contribution in [0.1, 0.15) is 26.2 Å². The van der Waals surface area contributed by atoms with Crippen molar-refractivity contribution in [3.63, 3.8) is 0 Å². The van der Waals surface area contributed by atoms with Gasteiger partial charge in [0.15, 0.2) is 0 Å². The Hall–Kier alpha value is -2.16. The fourth-order valence-corrected chi connectivity index (χ4v) is 3.72. The maximum absolute atomic E-state index is 13.1. The average molecular weight is 390 g/mol. The van der Waals surface area contributed by atoms with Gasteiger partial charge in [-0.15, -0.1) is 0 Å². The van der Waals surface area contributed by atoms with Gasteiger partial charge in [0.05, 0.1) is 24.2 Å². The molecule has 2 N–H and O–H groups in total. The number of fused-ring (bicyclic) bond motifs is 1. The minimum absolute atomic E-state index is 0.00114. The normalized spacial score (nSPS) is 16.4. The molecule has 8 nitrogen and oxygen atoms in total. The summed E-state index contributed by atoms with van der Waals surface area (Å²) < 4.78 is 8.26. The Bertz CT molecular complexity index is 832. The van der Waals surface area contributed by atoms with Crippen LogP contribution in [0.5, 0.6) is 0 Å². The van der Waals surface area contributed by atoms with Gasteiger partial charge in [-0.3, -0.25) is 9.47 Å². The summed E-state index contributed by atoms with van der Waals surface area (Å²) in [5, 5.41) is 12.1. The number of aromatic nitrogens is 2. The van der Waals surface area contributed by atoms with Gasteiger partial charge in [0.25, 0.3) is 0 Å². The van der Waals surface area contributed by atoms with Gasteiger partial charge in [-0.2, -0.15) is 0 Å². The van der Waals surface area contributed by atoms with Crippen LogP contribution >= 0.6 is 0 Å². The second-order valence-electron chi connectivity index (χ2n) is 7.16. The van der Waals surface area contributed by atoms with Crippen LogP contribution in [0.2, 0.25) is 0 Å². The van der Waals surface area contributed by atoms with Gasteiger partial charge in [-0.1, -0.05) is 25.5 Å². The number of benzene rings is 1. The molecule has 2 heterocycles. The summed E-state index contributed by atoms with van der Waals surface area (Å²) >= 11 is 0. The monoisotopic (exact) mass is 390 g/mol. The molecule has 1 fully saturated rings. The number of aliphatic hydroxyl groups is 1. The molecule has 0 unspecified atom stereocenters. The first-order valence-corrected chi connectivity index (χ1v) is 10.1. The van der Waals surface area contributed by atoms with Crippen molar-refractivity contribution >= 4 is 17.1 Å². The van der Waals surface area contributed by atoms with Crippen molar-refractivity contribution in [2.75, 3.05) is 39.5 Å². The van der Waals surface area contributed by atoms with Crippen LogP contribution in [0.4, 0.5) is 4.79 Å². The average Bonchev–Trinajstić information content (AvgIpc) is 2.99. The number of amides is 1. The summed E-state index contributed by atoms with van der Waals surface area (Å²) in [4.78, 5) is 28.2. The number of nitrogens with one attached hydrogen (secondary N) is 1. The van der Waals surface area contributed by atoms with Gasteiger partial charge in [-0.25, -0.2) is 14.2 Å². The lowest BCUT2D eigenvalue weighted by Gasteiger charge is -2.26. The number of nitrogens with zero attached hydrogens (tertiary/aromatic N) is 3. The Morgan fingerprint density at radius 3 is 2.57 bits per heavy atom. The number of para-hydroxylation sites is 2. The first kappa shape index (κ1) is 20.6. The lowest BCUT2D eigenvalue weighted by atomic mass is 10.1. The molecule has 8 heteroatoms. The minimum atomic E-state index is -0.432. The third-order valence-corrected chi connectivity index (χ3v) is 5.22. The smallest absolute Gasteiger partial charge is 0.337 e. The van der Waals surface area contributed by atoms with E-state index >= 15 is 0 Å². The molecule has 1 atom stereocenters. The first-order chi connectivity index (χ1) is 13.7. The molecule has 0 bridgehead atoms. The summed E-state index contributed by atoms with van der Waals surface area (Å²) in [6.07, 6.45) is 2.13. The van der Waals surface area contributed by atoms with Crippen molar-refractivity contribution in [1.29, 1.82) is 0 Å². The molecule has 1 amide bonds. The maximum Gasteiger partial charge on any atom is 0.337 e. The highest BCUT2D eigenvalue weighted by atomic mass is 16.5. The van der Waals surface area contributed by atoms with Gasteiger partial charge >= 0.3 is 11.7 Å². The maximum atomic E-state index is 13.1. The van der Waals surface area contributed by atoms with Crippen molar-refractivity contribution < 1.29 is 14.6 Å². The Morgan fingerprint density at radius 1 is 1.18 bits per heavy atom. The Kier molecular flexibility index (Phi) is 7.24. The van der Waals surface area contributed by atoms with E-state index < -0.39 is 6.03 Å². The largest absolute Gasteiger partial charge is 0.396 e. The standard InChI is InChI=1S/C20H30N4O4/c1-2-5-16(8-13-25)21-19(26)24-18-7-4-3-6-17(18)23(20(24)27)10-9-22-11-14-28-15-12-22/h3-4,6-7,16,25H,2,5,8-15H2,1H3,(H,21,26)/t16-/m0/s1. The van der Waals surface area contributed by atoms with E-state index in [9.17, 15) is 14.7 Å². The summed E-state index contributed by atoms with van der Waals surface area (Å²) in [6.45, 7) is 6.42. The number of imidazole rings is 1. The number of rotatable bonds is 8. The summed E-state index contributed by atoms with van der Waals surface area (Å²) in [5.41, 5.74) is 1.03. The summed E-state index contributed by atoms with van der Waals surface area (Å²) in [6, 6.07) is 6.79. The van der Waals surface area contributed by atoms with Crippen LogP contribution < -0.4 is 11.0 Å². The highest BCUT2D eigenvalue weighted by Gasteiger charge is 2.21. The third kappa shape index (κ3) is 4.63. The molecule has 1 aliphatic rings.